The van der Waals surface area contributed by atoms with Crippen molar-refractivity contribution in [3.05, 3.63) is 29.8 Å². The number of aliphatic imine (C=N–C) groups is 1. The van der Waals surface area contributed by atoms with E-state index in [9.17, 15) is 13.2 Å². The molecule has 5 nitrogen and oxygen atoms in total. The van der Waals surface area contributed by atoms with E-state index in [1.165, 1.54) is 6.07 Å². The maximum Gasteiger partial charge on any atom is 0.422 e. The number of halogens is 3. The first-order chi connectivity index (χ1) is 11.0. The largest absolute Gasteiger partial charge is 0.484 e. The molecule has 0 radical (unpaired) electrons. The molecule has 0 fully saturated rings. The fraction of sp³-hybridized carbons (Fsp3) is 0.533. The molecule has 0 unspecified atom stereocenters. The molecule has 0 aliphatic rings. The van der Waals surface area contributed by atoms with Gasteiger partial charge in [-0.15, -0.1) is 0 Å². The van der Waals surface area contributed by atoms with E-state index in [1.807, 2.05) is 6.92 Å². The zero-order valence-electron chi connectivity index (χ0n) is 13.2. The molecule has 23 heavy (non-hydrogen) atoms. The Morgan fingerprint density at radius 2 is 1.96 bits per heavy atom. The van der Waals surface area contributed by atoms with Gasteiger partial charge in [0, 0.05) is 25.8 Å². The Morgan fingerprint density at radius 1 is 1.22 bits per heavy atom. The third kappa shape index (κ3) is 8.29. The van der Waals surface area contributed by atoms with Gasteiger partial charge in [0.15, 0.2) is 12.6 Å². The molecule has 8 heteroatoms. The highest BCUT2D eigenvalue weighted by molar-refractivity contribution is 5.79. The molecule has 0 bridgehead atoms. The minimum absolute atomic E-state index is 0.182. The number of ether oxygens (including phenoxy) is 2. The summed E-state index contributed by atoms with van der Waals surface area (Å²) in [6.07, 6.45) is -4.37. The summed E-state index contributed by atoms with van der Waals surface area (Å²) in [6.45, 7) is 2.58. The highest BCUT2D eigenvalue weighted by Crippen LogP contribution is 2.22. The number of para-hydroxylation sites is 1. The van der Waals surface area contributed by atoms with Crippen molar-refractivity contribution in [1.82, 2.24) is 10.6 Å². The number of rotatable bonds is 8. The van der Waals surface area contributed by atoms with E-state index >= 15 is 0 Å². The summed E-state index contributed by atoms with van der Waals surface area (Å²) < 4.78 is 46.6. The number of guanidine groups is 1. The second-order valence-corrected chi connectivity index (χ2v) is 4.63. The van der Waals surface area contributed by atoms with Gasteiger partial charge in [0.05, 0.1) is 13.2 Å². The molecule has 0 aliphatic carbocycles. The van der Waals surface area contributed by atoms with E-state index in [0.29, 0.717) is 31.2 Å². The minimum atomic E-state index is -4.37. The van der Waals surface area contributed by atoms with Crippen LogP contribution in [-0.4, -0.2) is 45.5 Å². The second kappa shape index (κ2) is 9.94. The first-order valence-corrected chi connectivity index (χ1v) is 7.25. The topological polar surface area (TPSA) is 54.9 Å². The standard InChI is InChI=1S/C15H22F3N3O2/c1-3-19-14(20-8-9-22-2)21-10-12-6-4-5-7-13(12)23-11-15(16,17)18/h4-7H,3,8-11H2,1-2H3,(H2,19,20,21). The van der Waals surface area contributed by atoms with Gasteiger partial charge in [0.25, 0.3) is 0 Å². The molecule has 0 heterocycles. The van der Waals surface area contributed by atoms with Crippen molar-refractivity contribution in [1.29, 1.82) is 0 Å². The lowest BCUT2D eigenvalue weighted by Gasteiger charge is -2.13. The molecule has 1 aromatic carbocycles. The number of hydrogen-bond acceptors (Lipinski definition) is 3. The summed E-state index contributed by atoms with van der Waals surface area (Å²) in [4.78, 5) is 4.34. The Hall–Kier alpha value is -1.96. The summed E-state index contributed by atoms with van der Waals surface area (Å²) in [5.41, 5.74) is 0.584. The zero-order chi connectivity index (χ0) is 17.1. The maximum atomic E-state index is 12.3. The van der Waals surface area contributed by atoms with Gasteiger partial charge >= 0.3 is 6.18 Å². The molecule has 0 amide bonds. The van der Waals surface area contributed by atoms with Crippen LogP contribution in [0.2, 0.25) is 0 Å². The van der Waals surface area contributed by atoms with Crippen molar-refractivity contribution in [2.45, 2.75) is 19.6 Å². The minimum Gasteiger partial charge on any atom is -0.484 e. The van der Waals surface area contributed by atoms with Crippen molar-refractivity contribution in [2.24, 2.45) is 4.99 Å². The third-order valence-electron chi connectivity index (χ3n) is 2.71. The highest BCUT2D eigenvalue weighted by Gasteiger charge is 2.28. The van der Waals surface area contributed by atoms with Crippen LogP contribution in [0.15, 0.2) is 29.3 Å². The smallest absolute Gasteiger partial charge is 0.422 e. The Labute approximate surface area is 133 Å². The Balaban J connectivity index is 2.71. The first kappa shape index (κ1) is 19.1. The van der Waals surface area contributed by atoms with Crippen LogP contribution in [0.1, 0.15) is 12.5 Å². The van der Waals surface area contributed by atoms with Crippen molar-refractivity contribution in [2.75, 3.05) is 33.4 Å². The molecule has 0 spiro atoms. The summed E-state index contributed by atoms with van der Waals surface area (Å²) in [6, 6.07) is 6.55. The average Bonchev–Trinajstić information content (AvgIpc) is 2.51. The van der Waals surface area contributed by atoms with Gasteiger partial charge in [0.1, 0.15) is 5.75 Å². The van der Waals surface area contributed by atoms with Crippen molar-refractivity contribution in [3.8, 4) is 5.75 Å². The van der Waals surface area contributed by atoms with Gasteiger partial charge in [-0.25, -0.2) is 4.99 Å². The highest BCUT2D eigenvalue weighted by atomic mass is 19.4. The number of nitrogens with zero attached hydrogens (tertiary/aromatic N) is 1. The van der Waals surface area contributed by atoms with E-state index in [-0.39, 0.29) is 12.3 Å². The SMILES string of the molecule is CCNC(=NCc1ccccc1OCC(F)(F)F)NCCOC. The molecule has 0 aromatic heterocycles. The lowest BCUT2D eigenvalue weighted by molar-refractivity contribution is -0.153. The van der Waals surface area contributed by atoms with E-state index < -0.39 is 12.8 Å². The molecule has 0 saturated carbocycles. The number of alkyl halides is 3. The Kier molecular flexibility index (Phi) is 8.25. The van der Waals surface area contributed by atoms with Gasteiger partial charge in [-0.3, -0.25) is 0 Å². The number of methoxy groups -OCH3 is 1. The van der Waals surface area contributed by atoms with Gasteiger partial charge in [0.2, 0.25) is 0 Å². The molecule has 0 saturated heterocycles. The molecule has 0 aliphatic heterocycles. The predicted molar refractivity (Wildman–Crippen MR) is 82.7 cm³/mol. The van der Waals surface area contributed by atoms with E-state index in [2.05, 4.69) is 15.6 Å². The van der Waals surface area contributed by atoms with Crippen LogP contribution in [0.4, 0.5) is 13.2 Å². The van der Waals surface area contributed by atoms with Crippen LogP contribution >= 0.6 is 0 Å². The number of nitrogens with one attached hydrogen (secondary N) is 2. The van der Waals surface area contributed by atoms with Crippen LogP contribution in [0.5, 0.6) is 5.75 Å². The average molecular weight is 333 g/mol. The van der Waals surface area contributed by atoms with Gasteiger partial charge in [-0.2, -0.15) is 13.2 Å². The number of hydrogen-bond donors (Lipinski definition) is 2. The van der Waals surface area contributed by atoms with Gasteiger partial charge in [-0.05, 0) is 13.0 Å². The number of benzene rings is 1. The quantitative estimate of drug-likeness (QED) is 0.436. The molecular weight excluding hydrogens is 311 g/mol. The van der Waals surface area contributed by atoms with Crippen LogP contribution in [-0.2, 0) is 11.3 Å². The summed E-state index contributed by atoms with van der Waals surface area (Å²) in [5, 5.41) is 6.11. The fourth-order valence-electron chi connectivity index (χ4n) is 1.71. The summed E-state index contributed by atoms with van der Waals surface area (Å²) in [5.74, 6) is 0.747. The molecule has 1 rings (SSSR count). The van der Waals surface area contributed by atoms with Crippen molar-refractivity contribution in [3.63, 3.8) is 0 Å². The predicted octanol–water partition coefficient (Wildman–Crippen LogP) is 2.33. The second-order valence-electron chi connectivity index (χ2n) is 4.63. The maximum absolute atomic E-state index is 12.3. The van der Waals surface area contributed by atoms with Gasteiger partial charge in [-0.1, -0.05) is 18.2 Å². The summed E-state index contributed by atoms with van der Waals surface area (Å²) >= 11 is 0. The third-order valence-corrected chi connectivity index (χ3v) is 2.71. The molecule has 0 atom stereocenters. The lowest BCUT2D eigenvalue weighted by Crippen LogP contribution is -2.38. The van der Waals surface area contributed by atoms with Crippen LogP contribution in [0, 0.1) is 0 Å². The fourth-order valence-corrected chi connectivity index (χ4v) is 1.71. The first-order valence-electron chi connectivity index (χ1n) is 7.25. The molecule has 1 aromatic rings. The molecule has 2 N–H and O–H groups in total. The van der Waals surface area contributed by atoms with E-state index in [0.717, 1.165) is 0 Å². The van der Waals surface area contributed by atoms with Crippen LogP contribution in [0.3, 0.4) is 0 Å². The molecule has 130 valence electrons. The van der Waals surface area contributed by atoms with Crippen molar-refractivity contribution >= 4 is 5.96 Å². The van der Waals surface area contributed by atoms with Crippen molar-refractivity contribution < 1.29 is 22.6 Å². The lowest BCUT2D eigenvalue weighted by atomic mass is 10.2. The zero-order valence-corrected chi connectivity index (χ0v) is 13.2. The Bertz CT molecular complexity index is 493. The van der Waals surface area contributed by atoms with Crippen LogP contribution in [0.25, 0.3) is 0 Å². The monoisotopic (exact) mass is 333 g/mol. The Morgan fingerprint density at radius 3 is 2.61 bits per heavy atom. The summed E-state index contributed by atoms with van der Waals surface area (Å²) in [7, 11) is 1.60. The molecular formula is C15H22F3N3O2. The normalized spacial score (nSPS) is 12.1. The van der Waals surface area contributed by atoms with E-state index in [4.69, 9.17) is 9.47 Å². The van der Waals surface area contributed by atoms with Crippen LogP contribution < -0.4 is 15.4 Å². The van der Waals surface area contributed by atoms with E-state index in [1.54, 1.807) is 25.3 Å². The van der Waals surface area contributed by atoms with Gasteiger partial charge < -0.3 is 20.1 Å².